The summed E-state index contributed by atoms with van der Waals surface area (Å²) in [5.41, 5.74) is 0. The van der Waals surface area contributed by atoms with Gasteiger partial charge in [0.2, 0.25) is 5.91 Å². The Labute approximate surface area is 139 Å². The first-order valence-electron chi connectivity index (χ1n) is 8.73. The summed E-state index contributed by atoms with van der Waals surface area (Å²) in [5, 5.41) is 26.3. The van der Waals surface area contributed by atoms with Crippen molar-refractivity contribution in [2.24, 2.45) is 17.8 Å². The molecule has 1 saturated carbocycles. The van der Waals surface area contributed by atoms with Crippen molar-refractivity contribution in [3.05, 3.63) is 0 Å². The molecule has 0 aromatic carbocycles. The van der Waals surface area contributed by atoms with Crippen LogP contribution in [0.3, 0.4) is 0 Å². The zero-order chi connectivity index (χ0) is 17.6. The maximum atomic E-state index is 11.9. The van der Waals surface area contributed by atoms with E-state index in [0.29, 0.717) is 6.42 Å². The Kier molecular flexibility index (Phi) is 8.16. The highest BCUT2D eigenvalue weighted by Gasteiger charge is 2.49. The topological polar surface area (TPSA) is 98.7 Å². The van der Waals surface area contributed by atoms with E-state index in [1.54, 1.807) is 0 Å². The van der Waals surface area contributed by atoms with Gasteiger partial charge in [-0.3, -0.25) is 9.59 Å². The minimum Gasteiger partial charge on any atom is -0.392 e. The van der Waals surface area contributed by atoms with Gasteiger partial charge in [0.15, 0.2) is 5.78 Å². The lowest BCUT2D eigenvalue weighted by molar-refractivity contribution is -0.129. The van der Waals surface area contributed by atoms with Crippen molar-refractivity contribution >= 4 is 11.7 Å². The van der Waals surface area contributed by atoms with E-state index in [9.17, 15) is 14.7 Å². The summed E-state index contributed by atoms with van der Waals surface area (Å²) in [6, 6.07) is -0.231. The van der Waals surface area contributed by atoms with Gasteiger partial charge in [0, 0.05) is 30.8 Å². The van der Waals surface area contributed by atoms with Gasteiger partial charge in [0.25, 0.3) is 0 Å². The second kappa shape index (κ2) is 9.35. The zero-order valence-corrected chi connectivity index (χ0v) is 14.7. The van der Waals surface area contributed by atoms with Gasteiger partial charge in [-0.1, -0.05) is 33.6 Å². The van der Waals surface area contributed by atoms with Gasteiger partial charge in [0.05, 0.1) is 6.10 Å². The van der Waals surface area contributed by atoms with E-state index in [2.05, 4.69) is 24.5 Å². The number of ketones is 1. The molecule has 1 aliphatic carbocycles. The van der Waals surface area contributed by atoms with Crippen LogP contribution in [0.15, 0.2) is 0 Å². The van der Waals surface area contributed by atoms with Crippen LogP contribution in [0.1, 0.15) is 47.0 Å². The van der Waals surface area contributed by atoms with Crippen LogP contribution in [0.25, 0.3) is 0 Å². The fourth-order valence-electron chi connectivity index (χ4n) is 4.02. The molecule has 1 rings (SSSR count). The second-order valence-electron chi connectivity index (χ2n) is 6.50. The first kappa shape index (κ1) is 20.1. The average Bonchev–Trinajstić information content (AvgIpc) is 2.83. The van der Waals surface area contributed by atoms with Gasteiger partial charge in [-0.05, 0) is 18.9 Å². The zero-order valence-electron chi connectivity index (χ0n) is 14.7. The summed E-state index contributed by atoms with van der Waals surface area (Å²) in [6.45, 7) is 7.78. The van der Waals surface area contributed by atoms with Gasteiger partial charge in [-0.25, -0.2) is 0 Å². The highest BCUT2D eigenvalue weighted by molar-refractivity contribution is 5.83. The molecule has 6 heteroatoms. The van der Waals surface area contributed by atoms with Crippen LogP contribution < -0.4 is 10.6 Å². The predicted molar refractivity (Wildman–Crippen MR) is 88.8 cm³/mol. The molecule has 1 aliphatic rings. The number of Topliss-reactive ketones (excluding diaryl/α,β-unsaturated/α-hetero) is 1. The minimum absolute atomic E-state index is 0.0482. The molecule has 23 heavy (non-hydrogen) atoms. The quantitative estimate of drug-likeness (QED) is 0.493. The molecule has 0 bridgehead atoms. The largest absolute Gasteiger partial charge is 0.392 e. The summed E-state index contributed by atoms with van der Waals surface area (Å²) in [7, 11) is 0. The molecule has 1 amide bonds. The molecule has 1 fully saturated rings. The van der Waals surface area contributed by atoms with Crippen molar-refractivity contribution in [2.75, 3.05) is 13.2 Å². The smallest absolute Gasteiger partial charge is 0.217 e. The fourth-order valence-corrected chi connectivity index (χ4v) is 4.02. The van der Waals surface area contributed by atoms with Crippen LogP contribution in [-0.4, -0.2) is 53.2 Å². The van der Waals surface area contributed by atoms with Crippen molar-refractivity contribution in [3.8, 4) is 0 Å². The highest BCUT2D eigenvalue weighted by atomic mass is 16.3. The third kappa shape index (κ3) is 4.75. The molecule has 0 radical (unpaired) electrons. The van der Waals surface area contributed by atoms with Gasteiger partial charge in [-0.15, -0.1) is 0 Å². The third-order valence-electron chi connectivity index (χ3n) is 5.16. The van der Waals surface area contributed by atoms with E-state index >= 15 is 0 Å². The number of nitrogens with one attached hydrogen (secondary N) is 2. The number of hydrogen-bond donors (Lipinski definition) is 4. The molecule has 4 N–H and O–H groups in total. The average molecular weight is 328 g/mol. The van der Waals surface area contributed by atoms with E-state index in [-0.39, 0.29) is 35.6 Å². The molecular formula is C17H32N2O4. The molecule has 0 aromatic heterocycles. The summed E-state index contributed by atoms with van der Waals surface area (Å²) >= 11 is 0. The number of amides is 1. The highest BCUT2D eigenvalue weighted by Crippen LogP contribution is 2.38. The molecule has 0 saturated heterocycles. The molecule has 6 nitrogen and oxygen atoms in total. The Morgan fingerprint density at radius 2 is 1.83 bits per heavy atom. The van der Waals surface area contributed by atoms with E-state index in [1.807, 2.05) is 6.92 Å². The third-order valence-corrected chi connectivity index (χ3v) is 5.16. The van der Waals surface area contributed by atoms with Crippen LogP contribution in [0.4, 0.5) is 0 Å². The van der Waals surface area contributed by atoms with Crippen LogP contribution >= 0.6 is 0 Å². The van der Waals surface area contributed by atoms with Gasteiger partial charge in [-0.2, -0.15) is 0 Å². The van der Waals surface area contributed by atoms with Crippen LogP contribution in [0, 0.1) is 17.8 Å². The molecule has 0 spiro atoms. The van der Waals surface area contributed by atoms with Gasteiger partial charge >= 0.3 is 0 Å². The monoisotopic (exact) mass is 328 g/mol. The maximum absolute atomic E-state index is 11.9. The van der Waals surface area contributed by atoms with Crippen molar-refractivity contribution in [2.45, 2.75) is 65.1 Å². The number of carbonyl (C=O) groups is 2. The summed E-state index contributed by atoms with van der Waals surface area (Å²) in [4.78, 5) is 23.6. The second-order valence-corrected chi connectivity index (χ2v) is 6.50. The number of rotatable bonds is 9. The molecular weight excluding hydrogens is 296 g/mol. The van der Waals surface area contributed by atoms with Crippen molar-refractivity contribution in [3.63, 3.8) is 0 Å². The first-order valence-corrected chi connectivity index (χ1v) is 8.73. The van der Waals surface area contributed by atoms with Crippen LogP contribution in [0.2, 0.25) is 0 Å². The molecule has 5 atom stereocenters. The minimum atomic E-state index is -0.851. The molecule has 134 valence electrons. The maximum Gasteiger partial charge on any atom is 0.217 e. The summed E-state index contributed by atoms with van der Waals surface area (Å²) in [5.74, 6) is -1.01. The Hall–Kier alpha value is -0.980. The standard InChI is InChI=1S/C17H32N2O4/c1-5-11(6-2)16(19-10(4)21)15-13(18-7-3)8-12(17(15)23)14(22)9-20/h11-13,15-18,20,23H,5-9H2,1-4H3,(H,19,21). The summed E-state index contributed by atoms with van der Waals surface area (Å²) in [6.07, 6.45) is 1.43. The Balaban J connectivity index is 3.11. The number of aliphatic hydroxyl groups is 2. The van der Waals surface area contributed by atoms with E-state index < -0.39 is 18.6 Å². The van der Waals surface area contributed by atoms with Gasteiger partial charge < -0.3 is 20.8 Å². The fraction of sp³-hybridized carbons (Fsp3) is 0.882. The summed E-state index contributed by atoms with van der Waals surface area (Å²) < 4.78 is 0. The first-order chi connectivity index (χ1) is 10.9. The Morgan fingerprint density at radius 3 is 2.26 bits per heavy atom. The SMILES string of the molecule is CCNC1CC(C(=O)CO)C(O)C1C(NC(C)=O)C(CC)CC. The number of carbonyl (C=O) groups excluding carboxylic acids is 2. The lowest BCUT2D eigenvalue weighted by Gasteiger charge is -2.36. The van der Waals surface area contributed by atoms with Crippen LogP contribution in [-0.2, 0) is 9.59 Å². The number of aliphatic hydroxyl groups excluding tert-OH is 2. The number of hydrogen-bond acceptors (Lipinski definition) is 5. The van der Waals surface area contributed by atoms with Crippen molar-refractivity contribution in [1.82, 2.24) is 10.6 Å². The lowest BCUT2D eigenvalue weighted by Crippen LogP contribution is -2.53. The van der Waals surface area contributed by atoms with E-state index in [0.717, 1.165) is 19.4 Å². The van der Waals surface area contributed by atoms with E-state index in [4.69, 9.17) is 5.11 Å². The predicted octanol–water partition coefficient (Wildman–Crippen LogP) is 0.464. The van der Waals surface area contributed by atoms with Crippen molar-refractivity contribution < 1.29 is 19.8 Å². The molecule has 0 aliphatic heterocycles. The Bertz CT molecular complexity index is 398. The van der Waals surface area contributed by atoms with Crippen LogP contribution in [0.5, 0.6) is 0 Å². The van der Waals surface area contributed by atoms with Crippen molar-refractivity contribution in [1.29, 1.82) is 0 Å². The normalized spacial score (nSPS) is 28.8. The molecule has 0 aromatic rings. The lowest BCUT2D eigenvalue weighted by atomic mass is 9.80. The molecule has 0 heterocycles. The van der Waals surface area contributed by atoms with E-state index in [1.165, 1.54) is 6.92 Å². The van der Waals surface area contributed by atoms with Gasteiger partial charge in [0.1, 0.15) is 6.61 Å². The molecule has 5 unspecified atom stereocenters. The Morgan fingerprint density at radius 1 is 1.22 bits per heavy atom.